The van der Waals surface area contributed by atoms with E-state index in [9.17, 15) is 4.79 Å². The van der Waals surface area contributed by atoms with E-state index in [-0.39, 0.29) is 11.8 Å². The maximum Gasteiger partial charge on any atom is 0.273 e. The summed E-state index contributed by atoms with van der Waals surface area (Å²) in [7, 11) is 1.94. The minimum atomic E-state index is -0.523. The number of carbonyl (C=O) groups is 1. The standard InChI is InChI=1S/C14H18N2O/c1-10(2)14(3)13(17)15-12(16(14)4)11-8-6-5-7-9-11/h5-10H,1-4H3. The highest BCUT2D eigenvalue weighted by Gasteiger charge is 2.46. The molecule has 90 valence electrons. The molecule has 0 aromatic heterocycles. The summed E-state index contributed by atoms with van der Waals surface area (Å²) in [6, 6.07) is 9.84. The lowest BCUT2D eigenvalue weighted by Crippen LogP contribution is -2.51. The highest BCUT2D eigenvalue weighted by atomic mass is 16.2. The molecule has 0 fully saturated rings. The van der Waals surface area contributed by atoms with E-state index < -0.39 is 5.54 Å². The lowest BCUT2D eigenvalue weighted by atomic mass is 9.87. The van der Waals surface area contributed by atoms with Crippen molar-refractivity contribution in [2.45, 2.75) is 26.3 Å². The quantitative estimate of drug-likeness (QED) is 0.781. The molecule has 1 amide bonds. The molecule has 0 N–H and O–H groups in total. The van der Waals surface area contributed by atoms with Gasteiger partial charge >= 0.3 is 0 Å². The van der Waals surface area contributed by atoms with Crippen LogP contribution in [-0.2, 0) is 4.79 Å². The molecule has 0 saturated carbocycles. The Kier molecular flexibility index (Phi) is 2.77. The second-order valence-corrected chi connectivity index (χ2v) is 4.97. The summed E-state index contributed by atoms with van der Waals surface area (Å²) in [5, 5.41) is 0. The average Bonchev–Trinajstić information content (AvgIpc) is 2.56. The van der Waals surface area contributed by atoms with Crippen LogP contribution in [-0.4, -0.2) is 29.2 Å². The molecule has 17 heavy (non-hydrogen) atoms. The van der Waals surface area contributed by atoms with Gasteiger partial charge in [-0.1, -0.05) is 44.2 Å². The van der Waals surface area contributed by atoms with E-state index in [1.165, 1.54) is 0 Å². The van der Waals surface area contributed by atoms with Crippen LogP contribution in [0.5, 0.6) is 0 Å². The van der Waals surface area contributed by atoms with Crippen molar-refractivity contribution < 1.29 is 4.79 Å². The first-order valence-corrected chi connectivity index (χ1v) is 5.90. The van der Waals surface area contributed by atoms with Gasteiger partial charge in [0.15, 0.2) is 0 Å². The van der Waals surface area contributed by atoms with Crippen molar-refractivity contribution in [1.29, 1.82) is 0 Å². The first-order valence-electron chi connectivity index (χ1n) is 5.90. The number of amidine groups is 1. The molecule has 1 heterocycles. The van der Waals surface area contributed by atoms with Gasteiger partial charge in [-0.3, -0.25) is 4.79 Å². The van der Waals surface area contributed by atoms with Crippen molar-refractivity contribution >= 4 is 11.7 Å². The summed E-state index contributed by atoms with van der Waals surface area (Å²) >= 11 is 0. The lowest BCUT2D eigenvalue weighted by Gasteiger charge is -2.35. The smallest absolute Gasteiger partial charge is 0.273 e. The predicted molar refractivity (Wildman–Crippen MR) is 69.0 cm³/mol. The topological polar surface area (TPSA) is 32.7 Å². The van der Waals surface area contributed by atoms with Crippen molar-refractivity contribution in [3.05, 3.63) is 35.9 Å². The third-order valence-corrected chi connectivity index (χ3v) is 3.81. The molecule has 3 heteroatoms. The number of carbonyl (C=O) groups excluding carboxylic acids is 1. The van der Waals surface area contributed by atoms with Gasteiger partial charge in [-0.05, 0) is 12.8 Å². The molecule has 1 aliphatic heterocycles. The molecule has 1 unspecified atom stereocenters. The van der Waals surface area contributed by atoms with E-state index >= 15 is 0 Å². The normalized spacial score (nSPS) is 24.4. The number of nitrogens with zero attached hydrogens (tertiary/aromatic N) is 2. The molecule has 0 aliphatic carbocycles. The maximum atomic E-state index is 12.1. The van der Waals surface area contributed by atoms with E-state index in [1.54, 1.807) is 0 Å². The highest BCUT2D eigenvalue weighted by Crippen LogP contribution is 2.31. The molecule has 2 rings (SSSR count). The summed E-state index contributed by atoms with van der Waals surface area (Å²) in [6.07, 6.45) is 0. The molecule has 1 aliphatic rings. The van der Waals surface area contributed by atoms with Gasteiger partial charge in [-0.15, -0.1) is 0 Å². The zero-order valence-electron chi connectivity index (χ0n) is 10.8. The molecule has 0 spiro atoms. The van der Waals surface area contributed by atoms with Gasteiger partial charge in [-0.25, -0.2) is 0 Å². The highest BCUT2D eigenvalue weighted by molar-refractivity contribution is 6.13. The second-order valence-electron chi connectivity index (χ2n) is 4.97. The van der Waals surface area contributed by atoms with Gasteiger partial charge in [-0.2, -0.15) is 4.99 Å². The molecular formula is C14H18N2O. The number of benzene rings is 1. The summed E-state index contributed by atoms with van der Waals surface area (Å²) < 4.78 is 0. The van der Waals surface area contributed by atoms with E-state index in [2.05, 4.69) is 18.8 Å². The van der Waals surface area contributed by atoms with Crippen LogP contribution in [0.4, 0.5) is 0 Å². The number of aliphatic imine (C=N–C) groups is 1. The SMILES string of the molecule is CC(C)C1(C)C(=O)N=C(c2ccccc2)N1C. The van der Waals surface area contributed by atoms with Gasteiger partial charge < -0.3 is 4.90 Å². The zero-order valence-corrected chi connectivity index (χ0v) is 10.8. The lowest BCUT2D eigenvalue weighted by molar-refractivity contribution is -0.126. The fourth-order valence-corrected chi connectivity index (χ4v) is 2.13. The Morgan fingerprint density at radius 3 is 2.29 bits per heavy atom. The fourth-order valence-electron chi connectivity index (χ4n) is 2.13. The molecule has 1 aromatic rings. The molecule has 0 radical (unpaired) electrons. The molecular weight excluding hydrogens is 212 g/mol. The summed E-state index contributed by atoms with van der Waals surface area (Å²) in [5.74, 6) is 0.950. The first kappa shape index (κ1) is 11.8. The molecule has 1 aromatic carbocycles. The van der Waals surface area contributed by atoms with Crippen molar-refractivity contribution in [3.8, 4) is 0 Å². The van der Waals surface area contributed by atoms with E-state index in [0.717, 1.165) is 11.4 Å². The Labute approximate surface area is 102 Å². The van der Waals surface area contributed by atoms with Crippen LogP contribution < -0.4 is 0 Å². The Bertz CT molecular complexity index is 464. The van der Waals surface area contributed by atoms with Gasteiger partial charge in [0.2, 0.25) is 0 Å². The van der Waals surface area contributed by atoms with E-state index in [0.29, 0.717) is 0 Å². The third kappa shape index (κ3) is 1.66. The van der Waals surface area contributed by atoms with Crippen LogP contribution in [0.1, 0.15) is 26.3 Å². The third-order valence-electron chi connectivity index (χ3n) is 3.81. The number of hydrogen-bond donors (Lipinski definition) is 0. The number of amides is 1. The summed E-state index contributed by atoms with van der Waals surface area (Å²) in [6.45, 7) is 6.06. The fraction of sp³-hybridized carbons (Fsp3) is 0.429. The Hall–Kier alpha value is -1.64. The number of hydrogen-bond acceptors (Lipinski definition) is 2. The van der Waals surface area contributed by atoms with Crippen LogP contribution in [0.3, 0.4) is 0 Å². The first-order chi connectivity index (χ1) is 7.98. The van der Waals surface area contributed by atoms with Crippen LogP contribution >= 0.6 is 0 Å². The van der Waals surface area contributed by atoms with Crippen LogP contribution in [0.15, 0.2) is 35.3 Å². The van der Waals surface area contributed by atoms with Gasteiger partial charge in [0.25, 0.3) is 5.91 Å². The average molecular weight is 230 g/mol. The monoisotopic (exact) mass is 230 g/mol. The molecule has 1 atom stereocenters. The summed E-state index contributed by atoms with van der Waals surface area (Å²) in [5.41, 5.74) is 0.471. The maximum absolute atomic E-state index is 12.1. The minimum Gasteiger partial charge on any atom is -0.344 e. The predicted octanol–water partition coefficient (Wildman–Crippen LogP) is 2.32. The minimum absolute atomic E-state index is 0.0474. The van der Waals surface area contributed by atoms with Crippen LogP contribution in [0.25, 0.3) is 0 Å². The van der Waals surface area contributed by atoms with Crippen molar-refractivity contribution in [1.82, 2.24) is 4.90 Å². The van der Waals surface area contributed by atoms with Gasteiger partial charge in [0, 0.05) is 12.6 Å². The molecule has 0 saturated heterocycles. The van der Waals surface area contributed by atoms with Crippen molar-refractivity contribution in [3.63, 3.8) is 0 Å². The molecule has 3 nitrogen and oxygen atoms in total. The Morgan fingerprint density at radius 2 is 1.82 bits per heavy atom. The van der Waals surface area contributed by atoms with Crippen molar-refractivity contribution in [2.75, 3.05) is 7.05 Å². The number of rotatable bonds is 2. The Morgan fingerprint density at radius 1 is 1.24 bits per heavy atom. The summed E-state index contributed by atoms with van der Waals surface area (Å²) in [4.78, 5) is 18.3. The Balaban J connectivity index is 2.42. The van der Waals surface area contributed by atoms with E-state index in [1.807, 2.05) is 49.2 Å². The molecule has 0 bridgehead atoms. The zero-order chi connectivity index (χ0) is 12.6. The van der Waals surface area contributed by atoms with Crippen LogP contribution in [0, 0.1) is 5.92 Å². The van der Waals surface area contributed by atoms with Crippen molar-refractivity contribution in [2.24, 2.45) is 10.9 Å². The van der Waals surface area contributed by atoms with Gasteiger partial charge in [0.05, 0.1) is 0 Å². The van der Waals surface area contributed by atoms with E-state index in [4.69, 9.17) is 0 Å². The van der Waals surface area contributed by atoms with Crippen LogP contribution in [0.2, 0.25) is 0 Å². The second kappa shape index (κ2) is 3.99. The largest absolute Gasteiger partial charge is 0.344 e. The van der Waals surface area contributed by atoms with Gasteiger partial charge in [0.1, 0.15) is 11.4 Å². The number of likely N-dealkylation sites (N-methyl/N-ethyl adjacent to an activating group) is 1.